The first-order valence-electron chi connectivity index (χ1n) is 12.2. The van der Waals surface area contributed by atoms with Crippen LogP contribution in [0.25, 0.3) is 11.0 Å². The standard InChI is InChI=1S/C28H35N5O/c1-4-33(5-2)13-6-14-34-25-16-26-24(19-31-28(26)32-20-25)15-23-11-12-27(30-18-23)29-17-22-9-7-21(3)8-10-22/h7-12,16,18-20H,4-6,13-15,17H2,1-3H3,(H,29,30)(H,31,32). The Morgan fingerprint density at radius 2 is 1.76 bits per heavy atom. The summed E-state index contributed by atoms with van der Waals surface area (Å²) < 4.78 is 5.99. The third-order valence-electron chi connectivity index (χ3n) is 6.19. The average molecular weight is 458 g/mol. The minimum atomic E-state index is 0.699. The molecule has 0 spiro atoms. The van der Waals surface area contributed by atoms with Crippen LogP contribution in [0.3, 0.4) is 0 Å². The topological polar surface area (TPSA) is 66.1 Å². The highest BCUT2D eigenvalue weighted by atomic mass is 16.5. The maximum absolute atomic E-state index is 5.99. The second-order valence-corrected chi connectivity index (χ2v) is 8.68. The Hall–Kier alpha value is -3.38. The van der Waals surface area contributed by atoms with Gasteiger partial charge in [0.15, 0.2) is 0 Å². The molecule has 4 aromatic rings. The highest BCUT2D eigenvalue weighted by Gasteiger charge is 2.09. The Morgan fingerprint density at radius 1 is 0.971 bits per heavy atom. The lowest BCUT2D eigenvalue weighted by atomic mass is 10.1. The fourth-order valence-corrected chi connectivity index (χ4v) is 4.03. The lowest BCUT2D eigenvalue weighted by Crippen LogP contribution is -2.25. The largest absolute Gasteiger partial charge is 0.492 e. The van der Waals surface area contributed by atoms with Gasteiger partial charge < -0.3 is 19.9 Å². The molecule has 6 heteroatoms. The number of aromatic nitrogens is 3. The normalized spacial score (nSPS) is 11.3. The number of aromatic amines is 1. The van der Waals surface area contributed by atoms with Gasteiger partial charge in [0, 0.05) is 37.3 Å². The van der Waals surface area contributed by atoms with Crippen molar-refractivity contribution in [2.75, 3.05) is 31.6 Å². The van der Waals surface area contributed by atoms with Gasteiger partial charge in [0.1, 0.15) is 17.2 Å². The molecule has 0 atom stereocenters. The van der Waals surface area contributed by atoms with Gasteiger partial charge in [-0.1, -0.05) is 49.7 Å². The molecule has 0 unspecified atom stereocenters. The molecule has 0 bridgehead atoms. The molecule has 2 N–H and O–H groups in total. The molecule has 1 aromatic carbocycles. The van der Waals surface area contributed by atoms with E-state index in [0.717, 1.165) is 67.2 Å². The molecule has 34 heavy (non-hydrogen) atoms. The Bertz CT molecular complexity index is 1160. The van der Waals surface area contributed by atoms with Crippen LogP contribution >= 0.6 is 0 Å². The van der Waals surface area contributed by atoms with Crippen LogP contribution in [0.2, 0.25) is 0 Å². The number of aryl methyl sites for hydroxylation is 1. The van der Waals surface area contributed by atoms with E-state index in [1.54, 1.807) is 6.20 Å². The van der Waals surface area contributed by atoms with Gasteiger partial charge >= 0.3 is 0 Å². The van der Waals surface area contributed by atoms with Crippen molar-refractivity contribution in [1.82, 2.24) is 19.9 Å². The van der Waals surface area contributed by atoms with Crippen molar-refractivity contribution >= 4 is 16.9 Å². The molecule has 0 aliphatic carbocycles. The molecule has 6 nitrogen and oxygen atoms in total. The Labute approximate surface area is 202 Å². The van der Waals surface area contributed by atoms with Crippen molar-refractivity contribution in [3.63, 3.8) is 0 Å². The summed E-state index contributed by atoms with van der Waals surface area (Å²) in [4.78, 5) is 14.8. The van der Waals surface area contributed by atoms with Crippen LogP contribution in [0.1, 0.15) is 42.5 Å². The van der Waals surface area contributed by atoms with Crippen molar-refractivity contribution in [3.05, 3.63) is 83.3 Å². The summed E-state index contributed by atoms with van der Waals surface area (Å²) >= 11 is 0. The molecule has 0 amide bonds. The van der Waals surface area contributed by atoms with Crippen molar-refractivity contribution in [2.24, 2.45) is 0 Å². The second-order valence-electron chi connectivity index (χ2n) is 8.68. The van der Waals surface area contributed by atoms with Crippen LogP contribution in [-0.2, 0) is 13.0 Å². The Morgan fingerprint density at radius 3 is 2.50 bits per heavy atom. The highest BCUT2D eigenvalue weighted by Crippen LogP contribution is 2.24. The smallest absolute Gasteiger partial charge is 0.138 e. The number of H-pyrrole nitrogens is 1. The zero-order chi connectivity index (χ0) is 23.8. The molecule has 178 valence electrons. The van der Waals surface area contributed by atoms with Crippen molar-refractivity contribution in [3.8, 4) is 5.75 Å². The maximum Gasteiger partial charge on any atom is 0.138 e. The number of rotatable bonds is 12. The second kappa shape index (κ2) is 11.7. The first kappa shape index (κ1) is 23.8. The van der Waals surface area contributed by atoms with Gasteiger partial charge in [-0.2, -0.15) is 0 Å². The third-order valence-corrected chi connectivity index (χ3v) is 6.19. The summed E-state index contributed by atoms with van der Waals surface area (Å²) in [5.41, 5.74) is 5.75. The number of ether oxygens (including phenoxy) is 1. The monoisotopic (exact) mass is 457 g/mol. The Kier molecular flexibility index (Phi) is 8.15. The third kappa shape index (κ3) is 6.35. The molecule has 3 heterocycles. The first-order chi connectivity index (χ1) is 16.6. The van der Waals surface area contributed by atoms with Crippen LogP contribution in [-0.4, -0.2) is 46.1 Å². The quantitative estimate of drug-likeness (QED) is 0.272. The summed E-state index contributed by atoms with van der Waals surface area (Å²) in [5, 5.41) is 4.50. The van der Waals surface area contributed by atoms with Crippen LogP contribution in [0, 0.1) is 6.92 Å². The van der Waals surface area contributed by atoms with Crippen LogP contribution in [0.5, 0.6) is 5.75 Å². The van der Waals surface area contributed by atoms with Crippen LogP contribution in [0.15, 0.2) is 61.1 Å². The number of anilines is 1. The minimum absolute atomic E-state index is 0.699. The number of nitrogens with zero attached hydrogens (tertiary/aromatic N) is 3. The molecule has 0 fully saturated rings. The number of hydrogen-bond donors (Lipinski definition) is 2. The number of nitrogens with one attached hydrogen (secondary N) is 2. The SMILES string of the molecule is CCN(CC)CCCOc1cnc2[nH]cc(Cc3ccc(NCc4ccc(C)cc4)nc3)c2c1. The molecule has 3 aromatic heterocycles. The number of benzene rings is 1. The number of hydrogen-bond acceptors (Lipinski definition) is 5. The van der Waals surface area contributed by atoms with Gasteiger partial charge in [-0.3, -0.25) is 0 Å². The van der Waals surface area contributed by atoms with Gasteiger partial charge in [-0.25, -0.2) is 9.97 Å². The molecule has 0 aliphatic heterocycles. The predicted molar refractivity (Wildman–Crippen MR) is 140 cm³/mol. The van der Waals surface area contributed by atoms with Crippen LogP contribution < -0.4 is 10.1 Å². The zero-order valence-corrected chi connectivity index (χ0v) is 20.5. The van der Waals surface area contributed by atoms with E-state index >= 15 is 0 Å². The molecular weight excluding hydrogens is 422 g/mol. The van der Waals surface area contributed by atoms with E-state index in [4.69, 9.17) is 4.74 Å². The molecule has 0 aliphatic rings. The summed E-state index contributed by atoms with van der Waals surface area (Å²) in [6.07, 6.45) is 7.58. The van der Waals surface area contributed by atoms with Gasteiger partial charge in [-0.15, -0.1) is 0 Å². The van der Waals surface area contributed by atoms with E-state index in [1.807, 2.05) is 18.5 Å². The van der Waals surface area contributed by atoms with E-state index in [1.165, 1.54) is 16.7 Å². The summed E-state index contributed by atoms with van der Waals surface area (Å²) in [6.45, 7) is 11.2. The highest BCUT2D eigenvalue weighted by molar-refractivity contribution is 5.81. The number of fused-ring (bicyclic) bond motifs is 1. The molecule has 0 saturated carbocycles. The summed E-state index contributed by atoms with van der Waals surface area (Å²) in [7, 11) is 0. The van der Waals surface area contributed by atoms with E-state index in [2.05, 4.69) is 82.3 Å². The van der Waals surface area contributed by atoms with E-state index < -0.39 is 0 Å². The molecule has 0 saturated heterocycles. The van der Waals surface area contributed by atoms with Gasteiger partial charge in [-0.05, 0) is 55.3 Å². The summed E-state index contributed by atoms with van der Waals surface area (Å²) in [6, 6.07) is 14.8. The van der Waals surface area contributed by atoms with Gasteiger partial charge in [0.2, 0.25) is 0 Å². The van der Waals surface area contributed by atoms with E-state index in [-0.39, 0.29) is 0 Å². The van der Waals surface area contributed by atoms with Crippen molar-refractivity contribution < 1.29 is 4.74 Å². The Balaban J connectivity index is 1.34. The molecule has 0 radical (unpaired) electrons. The van der Waals surface area contributed by atoms with Crippen LogP contribution in [0.4, 0.5) is 5.82 Å². The fraction of sp³-hybridized carbons (Fsp3) is 0.357. The van der Waals surface area contributed by atoms with Gasteiger partial charge in [0.25, 0.3) is 0 Å². The maximum atomic E-state index is 5.99. The fourth-order valence-electron chi connectivity index (χ4n) is 4.03. The lowest BCUT2D eigenvalue weighted by molar-refractivity contribution is 0.249. The zero-order valence-electron chi connectivity index (χ0n) is 20.5. The molecule has 4 rings (SSSR count). The first-order valence-corrected chi connectivity index (χ1v) is 12.2. The summed E-state index contributed by atoms with van der Waals surface area (Å²) in [5.74, 6) is 1.70. The molecular formula is C28H35N5O. The van der Waals surface area contributed by atoms with E-state index in [9.17, 15) is 0 Å². The van der Waals surface area contributed by atoms with Crippen molar-refractivity contribution in [1.29, 1.82) is 0 Å². The minimum Gasteiger partial charge on any atom is -0.492 e. The van der Waals surface area contributed by atoms with E-state index in [0.29, 0.717) is 6.61 Å². The number of pyridine rings is 2. The van der Waals surface area contributed by atoms with Crippen molar-refractivity contribution in [2.45, 2.75) is 40.2 Å². The average Bonchev–Trinajstić information content (AvgIpc) is 3.26. The van der Waals surface area contributed by atoms with Gasteiger partial charge in [0.05, 0.1) is 12.8 Å². The lowest BCUT2D eigenvalue weighted by Gasteiger charge is -2.17. The predicted octanol–water partition coefficient (Wildman–Crippen LogP) is 5.58.